The molecule has 354 valence electrons. The lowest BCUT2D eigenvalue weighted by molar-refractivity contribution is -0.167. The lowest BCUT2D eigenvalue weighted by Gasteiger charge is -2.18. The second kappa shape index (κ2) is 50.0. The number of allylic oxidation sites excluding steroid dienone is 8. The number of carbonyl (C=O) groups excluding carboxylic acids is 3. The first-order valence-electron chi connectivity index (χ1n) is 26.1. The van der Waals surface area contributed by atoms with Crippen LogP contribution in [0.5, 0.6) is 0 Å². The Bertz CT molecular complexity index is 1070. The molecule has 0 rings (SSSR count). The molecule has 0 amide bonds. The van der Waals surface area contributed by atoms with Crippen LogP contribution in [0, 0.1) is 0 Å². The highest BCUT2D eigenvalue weighted by Crippen LogP contribution is 2.16. The lowest BCUT2D eigenvalue weighted by Crippen LogP contribution is -2.30. The zero-order valence-electron chi connectivity index (χ0n) is 40.4. The minimum absolute atomic E-state index is 0.0860. The largest absolute Gasteiger partial charge is 0.462 e. The number of esters is 3. The van der Waals surface area contributed by atoms with Gasteiger partial charge in [0.15, 0.2) is 6.10 Å². The number of ether oxygens (including phenoxy) is 3. The van der Waals surface area contributed by atoms with Crippen LogP contribution in [0.15, 0.2) is 48.6 Å². The maximum Gasteiger partial charge on any atom is 0.306 e. The summed E-state index contributed by atoms with van der Waals surface area (Å²) in [5.74, 6) is -0.917. The molecule has 0 aliphatic carbocycles. The van der Waals surface area contributed by atoms with E-state index in [0.717, 1.165) is 77.0 Å². The molecule has 0 aromatic heterocycles. The molecule has 0 saturated carbocycles. The van der Waals surface area contributed by atoms with Crippen molar-refractivity contribution in [3.05, 3.63) is 48.6 Å². The fourth-order valence-corrected chi connectivity index (χ4v) is 7.43. The Morgan fingerprint density at radius 1 is 0.344 bits per heavy atom. The van der Waals surface area contributed by atoms with Crippen LogP contribution >= 0.6 is 0 Å². The summed E-state index contributed by atoms with van der Waals surface area (Å²) < 4.78 is 16.8. The number of hydrogen-bond acceptors (Lipinski definition) is 6. The first-order valence-corrected chi connectivity index (χ1v) is 26.1. The molecule has 0 unspecified atom stereocenters. The minimum atomic E-state index is -0.789. The maximum absolute atomic E-state index is 12.8. The van der Waals surface area contributed by atoms with E-state index >= 15 is 0 Å². The molecule has 61 heavy (non-hydrogen) atoms. The van der Waals surface area contributed by atoms with Crippen molar-refractivity contribution in [2.24, 2.45) is 0 Å². The third-order valence-electron chi connectivity index (χ3n) is 11.3. The van der Waals surface area contributed by atoms with Crippen molar-refractivity contribution in [3.8, 4) is 0 Å². The fourth-order valence-electron chi connectivity index (χ4n) is 7.43. The molecular weight excluding hydrogens is 757 g/mol. The minimum Gasteiger partial charge on any atom is -0.462 e. The Hall–Kier alpha value is -2.63. The second-order valence-corrected chi connectivity index (χ2v) is 17.4. The molecule has 0 N–H and O–H groups in total. The topological polar surface area (TPSA) is 78.9 Å². The van der Waals surface area contributed by atoms with Crippen LogP contribution in [-0.4, -0.2) is 37.2 Å². The monoisotopic (exact) mass is 855 g/mol. The van der Waals surface area contributed by atoms with Crippen LogP contribution in [0.3, 0.4) is 0 Å². The van der Waals surface area contributed by atoms with Crippen molar-refractivity contribution >= 4 is 17.9 Å². The third-order valence-corrected chi connectivity index (χ3v) is 11.3. The summed E-state index contributed by atoms with van der Waals surface area (Å²) in [6, 6.07) is 0. The van der Waals surface area contributed by atoms with Crippen LogP contribution in [0.1, 0.15) is 265 Å². The molecule has 0 radical (unpaired) electrons. The summed E-state index contributed by atoms with van der Waals surface area (Å²) in [6.45, 7) is 6.51. The predicted octanol–water partition coefficient (Wildman–Crippen LogP) is 17.1. The first kappa shape index (κ1) is 58.4. The van der Waals surface area contributed by atoms with Gasteiger partial charge in [0.2, 0.25) is 0 Å². The van der Waals surface area contributed by atoms with E-state index in [-0.39, 0.29) is 37.5 Å². The van der Waals surface area contributed by atoms with Crippen LogP contribution < -0.4 is 0 Å². The van der Waals surface area contributed by atoms with Crippen LogP contribution in [0.4, 0.5) is 0 Å². The molecular formula is C55H98O6. The van der Waals surface area contributed by atoms with Crippen molar-refractivity contribution in [3.63, 3.8) is 0 Å². The van der Waals surface area contributed by atoms with E-state index in [2.05, 4.69) is 69.4 Å². The number of hydrogen-bond donors (Lipinski definition) is 0. The van der Waals surface area contributed by atoms with Gasteiger partial charge < -0.3 is 14.2 Å². The van der Waals surface area contributed by atoms with Gasteiger partial charge in [0.1, 0.15) is 13.2 Å². The van der Waals surface area contributed by atoms with Crippen LogP contribution in [-0.2, 0) is 28.6 Å². The quantitative estimate of drug-likeness (QED) is 0.0263. The number of carbonyl (C=O) groups is 3. The molecule has 0 aliphatic rings. The van der Waals surface area contributed by atoms with Gasteiger partial charge in [0.25, 0.3) is 0 Å². The summed E-state index contributed by atoms with van der Waals surface area (Å²) in [7, 11) is 0. The average Bonchev–Trinajstić information content (AvgIpc) is 3.26. The van der Waals surface area contributed by atoms with Gasteiger partial charge in [-0.3, -0.25) is 14.4 Å². The second-order valence-electron chi connectivity index (χ2n) is 17.4. The highest BCUT2D eigenvalue weighted by Gasteiger charge is 2.19. The highest BCUT2D eigenvalue weighted by atomic mass is 16.6. The summed E-state index contributed by atoms with van der Waals surface area (Å²) >= 11 is 0. The Kier molecular flexibility index (Phi) is 47.9. The zero-order chi connectivity index (χ0) is 44.4. The molecule has 0 fully saturated rings. The molecule has 0 heterocycles. The van der Waals surface area contributed by atoms with Gasteiger partial charge in [-0.2, -0.15) is 0 Å². The summed E-state index contributed by atoms with van der Waals surface area (Å²) in [5.41, 5.74) is 0. The van der Waals surface area contributed by atoms with Gasteiger partial charge in [0, 0.05) is 19.3 Å². The summed E-state index contributed by atoms with van der Waals surface area (Å²) in [4.78, 5) is 38.0. The Morgan fingerprint density at radius 3 is 1.00 bits per heavy atom. The number of rotatable bonds is 47. The normalized spacial score (nSPS) is 12.4. The molecule has 0 spiro atoms. The summed E-state index contributed by atoms with van der Waals surface area (Å²) in [5, 5.41) is 0. The SMILES string of the molecule is CC/C=C\C/C=C\C/C=C\C/C=C\CCCCC(=O)O[C@@H](COC(=O)CCCCCCCCCCCCCCC)COC(=O)CCCCCCCCCCCCCCCCC. The van der Waals surface area contributed by atoms with E-state index in [1.807, 2.05) is 0 Å². The highest BCUT2D eigenvalue weighted by molar-refractivity contribution is 5.71. The average molecular weight is 855 g/mol. The van der Waals surface area contributed by atoms with E-state index in [0.29, 0.717) is 19.3 Å². The summed E-state index contributed by atoms with van der Waals surface area (Å²) in [6.07, 6.45) is 59.5. The van der Waals surface area contributed by atoms with Gasteiger partial charge in [-0.25, -0.2) is 0 Å². The molecule has 1 atom stereocenters. The fraction of sp³-hybridized carbons (Fsp3) is 0.800. The van der Waals surface area contributed by atoms with Crippen molar-refractivity contribution in [1.82, 2.24) is 0 Å². The molecule has 0 aromatic carbocycles. The third kappa shape index (κ3) is 48.3. The van der Waals surface area contributed by atoms with E-state index in [4.69, 9.17) is 14.2 Å². The maximum atomic E-state index is 12.8. The molecule has 0 aliphatic heterocycles. The zero-order valence-corrected chi connectivity index (χ0v) is 40.4. The van der Waals surface area contributed by atoms with E-state index in [1.54, 1.807) is 0 Å². The predicted molar refractivity (Wildman–Crippen MR) is 261 cm³/mol. The van der Waals surface area contributed by atoms with Crippen LogP contribution in [0.25, 0.3) is 0 Å². The van der Waals surface area contributed by atoms with Crippen molar-refractivity contribution in [2.45, 2.75) is 271 Å². The van der Waals surface area contributed by atoms with Gasteiger partial charge in [-0.1, -0.05) is 236 Å². The van der Waals surface area contributed by atoms with Crippen molar-refractivity contribution < 1.29 is 28.6 Å². The number of unbranched alkanes of at least 4 members (excludes halogenated alkanes) is 28. The Morgan fingerprint density at radius 2 is 0.639 bits per heavy atom. The lowest BCUT2D eigenvalue weighted by atomic mass is 10.0. The first-order chi connectivity index (χ1) is 30.0. The van der Waals surface area contributed by atoms with Crippen molar-refractivity contribution in [1.29, 1.82) is 0 Å². The standard InChI is InChI=1S/C55H98O6/c1-4-7-10-13-16-19-22-25-27-30-33-36-39-42-45-48-54(57)60-51-52(50-59-53(56)47-44-41-38-35-32-29-24-21-18-15-12-9-6-3)61-55(58)49-46-43-40-37-34-31-28-26-23-20-17-14-11-8-5-2/h8,11,17,20,26,28,34,37,52H,4-7,9-10,12-16,18-19,21-25,27,29-33,35-36,38-51H2,1-3H3/b11-8-,20-17-,28-26-,37-34-/t52-/m0/s1. The smallest absolute Gasteiger partial charge is 0.306 e. The van der Waals surface area contributed by atoms with Gasteiger partial charge in [-0.15, -0.1) is 0 Å². The van der Waals surface area contributed by atoms with Crippen LogP contribution in [0.2, 0.25) is 0 Å². The van der Waals surface area contributed by atoms with E-state index in [1.165, 1.54) is 141 Å². The Labute approximate surface area is 378 Å². The molecule has 0 saturated heterocycles. The molecule has 6 nitrogen and oxygen atoms in total. The molecule has 0 aromatic rings. The van der Waals surface area contributed by atoms with Gasteiger partial charge >= 0.3 is 17.9 Å². The van der Waals surface area contributed by atoms with Gasteiger partial charge in [-0.05, 0) is 57.8 Å². The molecule has 0 bridgehead atoms. The van der Waals surface area contributed by atoms with E-state index in [9.17, 15) is 14.4 Å². The van der Waals surface area contributed by atoms with Crippen molar-refractivity contribution in [2.75, 3.05) is 13.2 Å². The molecule has 6 heteroatoms. The Balaban J connectivity index is 4.41. The van der Waals surface area contributed by atoms with Gasteiger partial charge in [0.05, 0.1) is 0 Å². The van der Waals surface area contributed by atoms with E-state index < -0.39 is 6.10 Å².